The minimum atomic E-state index is 0.558. The van der Waals surface area contributed by atoms with Gasteiger partial charge in [-0.05, 0) is 30.7 Å². The molecule has 1 aromatic carbocycles. The minimum Gasteiger partial charge on any atom is -0.0827 e. The molecule has 2 heteroatoms. The smallest absolute Gasteiger partial charge is 0.0598 e. The van der Waals surface area contributed by atoms with Crippen molar-refractivity contribution in [3.05, 3.63) is 33.8 Å². The number of benzene rings is 1. The van der Waals surface area contributed by atoms with E-state index < -0.39 is 0 Å². The average molecular weight is 160 g/mol. The van der Waals surface area contributed by atoms with Gasteiger partial charge < -0.3 is 0 Å². The van der Waals surface area contributed by atoms with Crippen molar-refractivity contribution in [1.82, 2.24) is 0 Å². The number of aryl methyl sites for hydroxylation is 1. The first-order valence-electron chi connectivity index (χ1n) is 2.53. The van der Waals surface area contributed by atoms with E-state index in [9.17, 15) is 0 Å². The summed E-state index contributed by atoms with van der Waals surface area (Å²) in [6, 6.07) is 6.37. The Bertz CT molecular complexity index is 218. The van der Waals surface area contributed by atoms with Crippen LogP contribution >= 0.6 is 23.2 Å². The molecule has 1 radical (unpaired) electrons. The second-order valence-corrected chi connectivity index (χ2v) is 2.63. The largest absolute Gasteiger partial charge is 0.0827 e. The molecule has 0 saturated carbocycles. The van der Waals surface area contributed by atoms with Crippen molar-refractivity contribution in [2.75, 3.05) is 0 Å². The fraction of sp³-hybridized carbons (Fsp3) is 0.143. The molecule has 0 atom stereocenters. The molecule has 0 aliphatic rings. The Morgan fingerprint density at radius 1 is 1.33 bits per heavy atom. The third-order valence-corrected chi connectivity index (χ3v) is 1.72. The van der Waals surface area contributed by atoms with E-state index >= 15 is 0 Å². The van der Waals surface area contributed by atoms with E-state index in [1.165, 1.54) is 0 Å². The minimum absolute atomic E-state index is 0.558. The summed E-state index contributed by atoms with van der Waals surface area (Å²) in [6.07, 6.45) is 0. The number of hydrogen-bond donors (Lipinski definition) is 0. The van der Waals surface area contributed by atoms with Gasteiger partial charge in [-0.3, -0.25) is 0 Å². The summed E-state index contributed by atoms with van der Waals surface area (Å²) in [6.45, 7) is 1.92. The molecule has 0 aliphatic carbocycles. The van der Waals surface area contributed by atoms with Gasteiger partial charge in [0.1, 0.15) is 0 Å². The van der Waals surface area contributed by atoms with Gasteiger partial charge in [0.2, 0.25) is 0 Å². The Balaban J connectivity index is 3.17. The highest BCUT2D eigenvalue weighted by molar-refractivity contribution is 6.41. The average Bonchev–Trinajstić information content (AvgIpc) is 1.80. The van der Waals surface area contributed by atoms with E-state index in [0.717, 1.165) is 5.56 Å². The molecule has 1 rings (SSSR count). The summed E-state index contributed by atoms with van der Waals surface area (Å²) in [5.41, 5.74) is 1.00. The topological polar surface area (TPSA) is 0 Å². The van der Waals surface area contributed by atoms with Gasteiger partial charge in [-0.25, -0.2) is 0 Å². The molecule has 0 spiro atoms. The molecule has 0 N–H and O–H groups in total. The van der Waals surface area contributed by atoms with E-state index in [-0.39, 0.29) is 0 Å². The van der Waals surface area contributed by atoms with Gasteiger partial charge in [0.05, 0.1) is 10.0 Å². The molecule has 47 valence electrons. The Morgan fingerprint density at radius 2 is 2.00 bits per heavy atom. The lowest BCUT2D eigenvalue weighted by atomic mass is 10.2. The maximum Gasteiger partial charge on any atom is 0.0598 e. The van der Waals surface area contributed by atoms with E-state index in [1.54, 1.807) is 12.1 Å². The van der Waals surface area contributed by atoms with Crippen molar-refractivity contribution >= 4 is 23.2 Å². The van der Waals surface area contributed by atoms with Gasteiger partial charge in [0.15, 0.2) is 0 Å². The summed E-state index contributed by atoms with van der Waals surface area (Å²) >= 11 is 11.3. The van der Waals surface area contributed by atoms with Crippen LogP contribution in [-0.2, 0) is 0 Å². The monoisotopic (exact) mass is 159 g/mol. The van der Waals surface area contributed by atoms with Gasteiger partial charge in [-0.2, -0.15) is 0 Å². The molecular formula is C7H5Cl2. The van der Waals surface area contributed by atoms with Crippen LogP contribution in [0.25, 0.3) is 0 Å². The fourth-order valence-electron chi connectivity index (χ4n) is 0.547. The first-order valence-corrected chi connectivity index (χ1v) is 3.29. The predicted octanol–water partition coefficient (Wildman–Crippen LogP) is 3.10. The van der Waals surface area contributed by atoms with Crippen LogP contribution in [0.3, 0.4) is 0 Å². The van der Waals surface area contributed by atoms with E-state index in [2.05, 4.69) is 6.07 Å². The summed E-state index contributed by atoms with van der Waals surface area (Å²) in [4.78, 5) is 0. The second-order valence-electron chi connectivity index (χ2n) is 1.81. The highest BCUT2D eigenvalue weighted by Gasteiger charge is 1.94. The SMILES string of the molecule is Cc1[c]cc(Cl)c(Cl)c1. The number of halogens is 2. The lowest BCUT2D eigenvalue weighted by Crippen LogP contribution is -1.71. The van der Waals surface area contributed by atoms with Crippen LogP contribution < -0.4 is 0 Å². The molecule has 0 fully saturated rings. The van der Waals surface area contributed by atoms with Gasteiger partial charge in [0.25, 0.3) is 0 Å². The van der Waals surface area contributed by atoms with E-state index in [0.29, 0.717) is 10.0 Å². The predicted molar refractivity (Wildman–Crippen MR) is 40.0 cm³/mol. The first-order chi connectivity index (χ1) is 4.20. The van der Waals surface area contributed by atoms with Crippen molar-refractivity contribution in [3.63, 3.8) is 0 Å². The molecular weight excluding hydrogens is 155 g/mol. The first kappa shape index (κ1) is 6.91. The van der Waals surface area contributed by atoms with Crippen molar-refractivity contribution < 1.29 is 0 Å². The Kier molecular flexibility index (Phi) is 1.99. The molecule has 0 unspecified atom stereocenters. The molecule has 0 saturated heterocycles. The van der Waals surface area contributed by atoms with Crippen molar-refractivity contribution in [1.29, 1.82) is 0 Å². The van der Waals surface area contributed by atoms with Crippen LogP contribution in [0.5, 0.6) is 0 Å². The Labute approximate surface area is 64.4 Å². The number of hydrogen-bond acceptors (Lipinski definition) is 0. The fourth-order valence-corrected chi connectivity index (χ4v) is 0.874. The highest BCUT2D eigenvalue weighted by Crippen LogP contribution is 2.21. The van der Waals surface area contributed by atoms with E-state index in [1.807, 2.05) is 6.92 Å². The molecule has 9 heavy (non-hydrogen) atoms. The highest BCUT2D eigenvalue weighted by atomic mass is 35.5. The number of rotatable bonds is 0. The molecule has 0 amide bonds. The zero-order valence-electron chi connectivity index (χ0n) is 4.91. The molecule has 0 aliphatic heterocycles. The quantitative estimate of drug-likeness (QED) is 0.546. The maximum absolute atomic E-state index is 5.66. The van der Waals surface area contributed by atoms with E-state index in [4.69, 9.17) is 23.2 Å². The standard InChI is InChI=1S/C7H5Cl2/c1-5-2-3-6(8)7(9)4-5/h3-4H,1H3. The second kappa shape index (κ2) is 2.59. The Hall–Kier alpha value is -0.200. The summed E-state index contributed by atoms with van der Waals surface area (Å²) < 4.78 is 0. The molecule has 0 nitrogen and oxygen atoms in total. The van der Waals surface area contributed by atoms with Crippen molar-refractivity contribution in [2.45, 2.75) is 6.92 Å². The molecule has 0 aromatic heterocycles. The zero-order chi connectivity index (χ0) is 6.85. The Morgan fingerprint density at radius 3 is 2.44 bits per heavy atom. The van der Waals surface area contributed by atoms with Gasteiger partial charge >= 0.3 is 0 Å². The van der Waals surface area contributed by atoms with Crippen molar-refractivity contribution in [3.8, 4) is 0 Å². The summed E-state index contributed by atoms with van der Waals surface area (Å²) in [7, 11) is 0. The molecule has 0 heterocycles. The lowest BCUT2D eigenvalue weighted by molar-refractivity contribution is 1.46. The summed E-state index contributed by atoms with van der Waals surface area (Å²) in [5.74, 6) is 0. The summed E-state index contributed by atoms with van der Waals surface area (Å²) in [5, 5.41) is 1.15. The van der Waals surface area contributed by atoms with Crippen LogP contribution in [0.2, 0.25) is 10.0 Å². The van der Waals surface area contributed by atoms with Crippen molar-refractivity contribution in [2.24, 2.45) is 0 Å². The lowest BCUT2D eigenvalue weighted by Gasteiger charge is -1.93. The van der Waals surface area contributed by atoms with Gasteiger partial charge in [-0.15, -0.1) is 0 Å². The third kappa shape index (κ3) is 1.60. The van der Waals surface area contributed by atoms with Crippen LogP contribution in [0, 0.1) is 13.0 Å². The van der Waals surface area contributed by atoms with Crippen LogP contribution in [0.15, 0.2) is 12.1 Å². The zero-order valence-corrected chi connectivity index (χ0v) is 6.42. The molecule has 1 aromatic rings. The van der Waals surface area contributed by atoms with Crippen LogP contribution in [0.1, 0.15) is 5.56 Å². The van der Waals surface area contributed by atoms with Gasteiger partial charge in [-0.1, -0.05) is 23.2 Å². The third-order valence-electron chi connectivity index (χ3n) is 0.998. The molecule has 0 bridgehead atoms. The van der Waals surface area contributed by atoms with Gasteiger partial charge in [0, 0.05) is 0 Å². The van der Waals surface area contributed by atoms with Crippen LogP contribution in [0.4, 0.5) is 0 Å². The van der Waals surface area contributed by atoms with Crippen LogP contribution in [-0.4, -0.2) is 0 Å². The normalized spacial score (nSPS) is 9.67. The maximum atomic E-state index is 5.66.